The number of ether oxygens (including phenoxy) is 2. The summed E-state index contributed by atoms with van der Waals surface area (Å²) in [4.78, 5) is 35.6. The third-order valence-corrected chi connectivity index (χ3v) is 3.33. The molecule has 2 atom stereocenters. The van der Waals surface area contributed by atoms with Crippen molar-refractivity contribution in [1.29, 1.82) is 0 Å². The van der Waals surface area contributed by atoms with E-state index >= 15 is 0 Å². The topological polar surface area (TPSA) is 130 Å². The van der Waals surface area contributed by atoms with Gasteiger partial charge in [0.05, 0.1) is 11.1 Å². The molecule has 0 aliphatic carbocycles. The largest absolute Gasteiger partial charge is 0.478 e. The number of rotatable bonds is 7. The van der Waals surface area contributed by atoms with E-state index in [4.69, 9.17) is 9.47 Å². The van der Waals surface area contributed by atoms with E-state index in [9.17, 15) is 29.7 Å². The molecule has 0 aliphatic heterocycles. The van der Waals surface area contributed by atoms with Crippen molar-refractivity contribution < 1.29 is 39.2 Å². The summed E-state index contributed by atoms with van der Waals surface area (Å²) in [5.41, 5.74) is 0.121. The van der Waals surface area contributed by atoms with E-state index in [-0.39, 0.29) is 11.1 Å². The molecule has 8 heteroatoms. The van der Waals surface area contributed by atoms with Gasteiger partial charge in [0.25, 0.3) is 0 Å². The van der Waals surface area contributed by atoms with Gasteiger partial charge in [-0.05, 0) is 24.3 Å². The number of aliphatic hydroxyl groups is 2. The molecule has 0 saturated heterocycles. The molecule has 136 valence electrons. The Morgan fingerprint density at radius 1 is 0.731 bits per heavy atom. The molecule has 0 radical (unpaired) electrons. The van der Waals surface area contributed by atoms with Crippen LogP contribution in [-0.2, 0) is 14.3 Å². The quantitative estimate of drug-likeness (QED) is 0.489. The second-order valence-electron chi connectivity index (χ2n) is 5.18. The summed E-state index contributed by atoms with van der Waals surface area (Å²) in [6.45, 7) is 0. The highest BCUT2D eigenvalue weighted by molar-refractivity contribution is 5.92. The van der Waals surface area contributed by atoms with Gasteiger partial charge >= 0.3 is 17.9 Å². The van der Waals surface area contributed by atoms with Crippen LogP contribution in [0.15, 0.2) is 60.7 Å². The number of hydrogen-bond donors (Lipinski definition) is 3. The summed E-state index contributed by atoms with van der Waals surface area (Å²) < 4.78 is 9.68. The van der Waals surface area contributed by atoms with Crippen molar-refractivity contribution in [3.05, 3.63) is 71.8 Å². The molecule has 0 heterocycles. The summed E-state index contributed by atoms with van der Waals surface area (Å²) in [5.74, 6) is -3.71. The monoisotopic (exact) mass is 360 g/mol. The first-order valence-electron chi connectivity index (χ1n) is 7.51. The maximum atomic E-state index is 12.1. The standard InChI is InChI=1S/C18H16O8/c19-15(20)13(25-17(23)11-7-3-1-4-8-11)14(16(21)22)26-18(24)12-9-5-2-6-10-12/h1-10,13-15,19-20H,(H,21,22). The van der Waals surface area contributed by atoms with Crippen LogP contribution in [0.4, 0.5) is 0 Å². The van der Waals surface area contributed by atoms with Gasteiger partial charge in [-0.15, -0.1) is 0 Å². The number of aliphatic hydroxyl groups excluding tert-OH is 1. The summed E-state index contributed by atoms with van der Waals surface area (Å²) in [5, 5.41) is 28.1. The van der Waals surface area contributed by atoms with Crippen molar-refractivity contribution in [3.63, 3.8) is 0 Å². The summed E-state index contributed by atoms with van der Waals surface area (Å²) >= 11 is 0. The predicted molar refractivity (Wildman–Crippen MR) is 87.2 cm³/mol. The van der Waals surface area contributed by atoms with E-state index in [1.165, 1.54) is 24.3 Å². The number of hydrogen-bond acceptors (Lipinski definition) is 7. The zero-order chi connectivity index (χ0) is 19.1. The number of benzene rings is 2. The summed E-state index contributed by atoms with van der Waals surface area (Å²) in [6, 6.07) is 15.0. The number of aliphatic carboxylic acids is 1. The van der Waals surface area contributed by atoms with Crippen molar-refractivity contribution >= 4 is 17.9 Å². The lowest BCUT2D eigenvalue weighted by molar-refractivity contribution is -0.181. The number of carboxylic acid groups (broad SMARTS) is 1. The lowest BCUT2D eigenvalue weighted by Crippen LogP contribution is -2.47. The maximum absolute atomic E-state index is 12.1. The van der Waals surface area contributed by atoms with Crippen LogP contribution in [0.1, 0.15) is 20.7 Å². The normalized spacial score (nSPS) is 12.9. The smallest absolute Gasteiger partial charge is 0.349 e. The van der Waals surface area contributed by atoms with Crippen LogP contribution in [0.3, 0.4) is 0 Å². The lowest BCUT2D eigenvalue weighted by Gasteiger charge is -2.25. The number of carbonyl (C=O) groups is 3. The Morgan fingerprint density at radius 3 is 1.54 bits per heavy atom. The van der Waals surface area contributed by atoms with Gasteiger partial charge in [-0.3, -0.25) is 0 Å². The van der Waals surface area contributed by atoms with E-state index in [1.54, 1.807) is 36.4 Å². The van der Waals surface area contributed by atoms with E-state index < -0.39 is 36.4 Å². The molecule has 0 saturated carbocycles. The highest BCUT2D eigenvalue weighted by Crippen LogP contribution is 2.15. The van der Waals surface area contributed by atoms with Gasteiger partial charge in [0, 0.05) is 0 Å². The Morgan fingerprint density at radius 2 is 1.15 bits per heavy atom. The van der Waals surface area contributed by atoms with Crippen LogP contribution in [0.25, 0.3) is 0 Å². The van der Waals surface area contributed by atoms with E-state index in [1.807, 2.05) is 0 Å². The molecule has 26 heavy (non-hydrogen) atoms. The highest BCUT2D eigenvalue weighted by Gasteiger charge is 2.40. The van der Waals surface area contributed by atoms with Crippen LogP contribution < -0.4 is 0 Å². The third kappa shape index (κ3) is 4.88. The first-order chi connectivity index (χ1) is 12.4. The van der Waals surface area contributed by atoms with Gasteiger partial charge < -0.3 is 24.8 Å². The molecular weight excluding hydrogens is 344 g/mol. The molecule has 2 rings (SSSR count). The Balaban J connectivity index is 2.19. The molecule has 2 aromatic carbocycles. The van der Waals surface area contributed by atoms with Crippen molar-refractivity contribution in [2.75, 3.05) is 0 Å². The summed E-state index contributed by atoms with van der Waals surface area (Å²) in [6.07, 6.45) is -6.52. The Bertz CT molecular complexity index is 757. The van der Waals surface area contributed by atoms with Crippen LogP contribution in [0.2, 0.25) is 0 Å². The van der Waals surface area contributed by atoms with Crippen molar-refractivity contribution in [2.24, 2.45) is 0 Å². The van der Waals surface area contributed by atoms with E-state index in [2.05, 4.69) is 0 Å². The van der Waals surface area contributed by atoms with Gasteiger partial charge in [-0.1, -0.05) is 36.4 Å². The molecule has 3 N–H and O–H groups in total. The van der Waals surface area contributed by atoms with Gasteiger partial charge in [-0.2, -0.15) is 0 Å². The number of carboxylic acids is 1. The van der Waals surface area contributed by atoms with Crippen molar-refractivity contribution in [3.8, 4) is 0 Å². The van der Waals surface area contributed by atoms with Gasteiger partial charge in [0.1, 0.15) is 0 Å². The Hall–Kier alpha value is -3.23. The first kappa shape index (κ1) is 19.1. The van der Waals surface area contributed by atoms with Crippen LogP contribution in [-0.4, -0.2) is 51.7 Å². The minimum Gasteiger partial charge on any atom is -0.478 e. The molecule has 2 unspecified atom stereocenters. The number of carbonyl (C=O) groups excluding carboxylic acids is 2. The first-order valence-corrected chi connectivity index (χ1v) is 7.51. The molecule has 2 aromatic rings. The molecule has 0 spiro atoms. The predicted octanol–water partition coefficient (Wildman–Crippen LogP) is 0.833. The average Bonchev–Trinajstić information content (AvgIpc) is 2.65. The minimum atomic E-state index is -2.38. The van der Waals surface area contributed by atoms with Crippen LogP contribution in [0, 0.1) is 0 Å². The van der Waals surface area contributed by atoms with Gasteiger partial charge in [0.15, 0.2) is 12.4 Å². The number of esters is 2. The second-order valence-corrected chi connectivity index (χ2v) is 5.18. The molecule has 8 nitrogen and oxygen atoms in total. The fraction of sp³-hybridized carbons (Fsp3) is 0.167. The molecule has 0 amide bonds. The van der Waals surface area contributed by atoms with Gasteiger partial charge in [-0.25, -0.2) is 14.4 Å². The van der Waals surface area contributed by atoms with E-state index in [0.717, 1.165) is 0 Å². The molecular formula is C18H16O8. The second kappa shape index (κ2) is 8.75. The van der Waals surface area contributed by atoms with Crippen molar-refractivity contribution in [2.45, 2.75) is 18.5 Å². The molecule has 0 fully saturated rings. The molecule has 0 bridgehead atoms. The third-order valence-electron chi connectivity index (χ3n) is 3.33. The van der Waals surface area contributed by atoms with E-state index in [0.29, 0.717) is 0 Å². The zero-order valence-electron chi connectivity index (χ0n) is 13.4. The van der Waals surface area contributed by atoms with Crippen LogP contribution >= 0.6 is 0 Å². The molecule has 0 aliphatic rings. The van der Waals surface area contributed by atoms with Crippen LogP contribution in [0.5, 0.6) is 0 Å². The zero-order valence-corrected chi connectivity index (χ0v) is 13.4. The highest BCUT2D eigenvalue weighted by atomic mass is 16.6. The lowest BCUT2D eigenvalue weighted by atomic mass is 10.1. The fourth-order valence-corrected chi connectivity index (χ4v) is 2.06. The minimum absolute atomic E-state index is 0.0549. The summed E-state index contributed by atoms with van der Waals surface area (Å²) in [7, 11) is 0. The average molecular weight is 360 g/mol. The fourth-order valence-electron chi connectivity index (χ4n) is 2.06. The Labute approximate surface area is 148 Å². The molecule has 0 aromatic heterocycles. The maximum Gasteiger partial charge on any atom is 0.349 e. The van der Waals surface area contributed by atoms with Gasteiger partial charge in [0.2, 0.25) is 6.10 Å². The van der Waals surface area contributed by atoms with Crippen molar-refractivity contribution in [1.82, 2.24) is 0 Å². The SMILES string of the molecule is O=C(OC(C(=O)O)C(OC(=O)c1ccccc1)C(O)O)c1ccccc1. The Kier molecular flexibility index (Phi) is 6.42.